The average molecular weight is 314 g/mol. The molecule has 1 N–H and O–H groups in total. The highest BCUT2D eigenvalue weighted by molar-refractivity contribution is 5.80. The van der Waals surface area contributed by atoms with Gasteiger partial charge in [0.05, 0.1) is 18.6 Å². The molecule has 4 rings (SSSR count). The molecule has 5 heteroatoms. The van der Waals surface area contributed by atoms with Gasteiger partial charge >= 0.3 is 0 Å². The van der Waals surface area contributed by atoms with Crippen molar-refractivity contribution in [3.05, 3.63) is 35.4 Å². The fourth-order valence-electron chi connectivity index (χ4n) is 4.31. The summed E-state index contributed by atoms with van der Waals surface area (Å²) >= 11 is 0. The standard InChI is InChI=1S/C18H22N2O3/c1-11(21)20-8-15-13-4-2-3-5-14(13)17(16(15)9-20)19-18(22)12-6-7-23-10-12/h2-5,12,15-17H,6-10H2,1H3,(H,19,22)/t12-,15+,16+,17+/m1/s1. The highest BCUT2D eigenvalue weighted by Gasteiger charge is 2.47. The Balaban J connectivity index is 1.59. The van der Waals surface area contributed by atoms with Gasteiger partial charge in [-0.05, 0) is 17.5 Å². The monoisotopic (exact) mass is 314 g/mol. The molecule has 4 atom stereocenters. The summed E-state index contributed by atoms with van der Waals surface area (Å²) in [5.74, 6) is 0.782. The Kier molecular flexibility index (Phi) is 3.60. The molecule has 3 aliphatic rings. The van der Waals surface area contributed by atoms with Gasteiger partial charge in [-0.2, -0.15) is 0 Å². The summed E-state index contributed by atoms with van der Waals surface area (Å²) in [7, 11) is 0. The number of nitrogens with one attached hydrogen (secondary N) is 1. The van der Waals surface area contributed by atoms with Gasteiger partial charge in [0.1, 0.15) is 0 Å². The molecule has 2 aliphatic heterocycles. The van der Waals surface area contributed by atoms with Gasteiger partial charge in [0, 0.05) is 38.5 Å². The number of amides is 2. The lowest BCUT2D eigenvalue weighted by Crippen LogP contribution is -2.38. The summed E-state index contributed by atoms with van der Waals surface area (Å²) in [5, 5.41) is 3.25. The maximum atomic E-state index is 12.5. The molecule has 1 aliphatic carbocycles. The average Bonchev–Trinajstić information content (AvgIpc) is 3.24. The molecule has 122 valence electrons. The van der Waals surface area contributed by atoms with Crippen molar-refractivity contribution in [1.29, 1.82) is 0 Å². The van der Waals surface area contributed by atoms with Crippen molar-refractivity contribution in [1.82, 2.24) is 10.2 Å². The molecule has 0 spiro atoms. The van der Waals surface area contributed by atoms with Gasteiger partial charge in [-0.25, -0.2) is 0 Å². The number of ether oxygens (including phenoxy) is 1. The summed E-state index contributed by atoms with van der Waals surface area (Å²) in [4.78, 5) is 26.2. The first-order valence-corrected chi connectivity index (χ1v) is 8.37. The fraction of sp³-hybridized carbons (Fsp3) is 0.556. The predicted molar refractivity (Wildman–Crippen MR) is 84.7 cm³/mol. The van der Waals surface area contributed by atoms with Crippen LogP contribution in [0.5, 0.6) is 0 Å². The van der Waals surface area contributed by atoms with Gasteiger partial charge in [-0.15, -0.1) is 0 Å². The fourth-order valence-corrected chi connectivity index (χ4v) is 4.31. The van der Waals surface area contributed by atoms with Crippen LogP contribution in [0.1, 0.15) is 36.4 Å². The topological polar surface area (TPSA) is 58.6 Å². The molecular weight excluding hydrogens is 292 g/mol. The Labute approximate surface area is 136 Å². The van der Waals surface area contributed by atoms with Crippen molar-refractivity contribution in [2.24, 2.45) is 11.8 Å². The van der Waals surface area contributed by atoms with Crippen LogP contribution in [0, 0.1) is 11.8 Å². The first-order valence-electron chi connectivity index (χ1n) is 8.37. The zero-order valence-corrected chi connectivity index (χ0v) is 13.3. The second kappa shape index (κ2) is 5.64. The Bertz CT molecular complexity index is 639. The van der Waals surface area contributed by atoms with E-state index in [0.29, 0.717) is 19.1 Å². The van der Waals surface area contributed by atoms with E-state index >= 15 is 0 Å². The molecule has 5 nitrogen and oxygen atoms in total. The molecule has 1 aromatic carbocycles. The quantitative estimate of drug-likeness (QED) is 0.899. The molecule has 2 heterocycles. The van der Waals surface area contributed by atoms with E-state index in [1.54, 1.807) is 6.92 Å². The molecular formula is C18H22N2O3. The number of fused-ring (bicyclic) bond motifs is 3. The van der Waals surface area contributed by atoms with Crippen LogP contribution in [0.25, 0.3) is 0 Å². The number of hydrogen-bond acceptors (Lipinski definition) is 3. The van der Waals surface area contributed by atoms with E-state index in [4.69, 9.17) is 4.74 Å². The van der Waals surface area contributed by atoms with E-state index in [1.165, 1.54) is 11.1 Å². The van der Waals surface area contributed by atoms with Gasteiger partial charge in [-0.3, -0.25) is 9.59 Å². The summed E-state index contributed by atoms with van der Waals surface area (Å²) < 4.78 is 5.33. The van der Waals surface area contributed by atoms with Crippen molar-refractivity contribution >= 4 is 11.8 Å². The van der Waals surface area contributed by atoms with Gasteiger partial charge in [0.2, 0.25) is 11.8 Å². The molecule has 0 radical (unpaired) electrons. The van der Waals surface area contributed by atoms with Crippen molar-refractivity contribution < 1.29 is 14.3 Å². The first kappa shape index (κ1) is 14.7. The van der Waals surface area contributed by atoms with Crippen LogP contribution >= 0.6 is 0 Å². The lowest BCUT2D eigenvalue weighted by atomic mass is 9.94. The van der Waals surface area contributed by atoms with Gasteiger partial charge in [0.25, 0.3) is 0 Å². The largest absolute Gasteiger partial charge is 0.381 e. The summed E-state index contributed by atoms with van der Waals surface area (Å²) in [6.45, 7) is 4.30. The minimum atomic E-state index is -0.0356. The Morgan fingerprint density at radius 1 is 1.22 bits per heavy atom. The second-order valence-corrected chi connectivity index (χ2v) is 6.87. The predicted octanol–water partition coefficient (Wildman–Crippen LogP) is 1.46. The van der Waals surface area contributed by atoms with E-state index in [9.17, 15) is 9.59 Å². The maximum absolute atomic E-state index is 12.5. The molecule has 2 fully saturated rings. The lowest BCUT2D eigenvalue weighted by molar-refractivity contribution is -0.128. The number of rotatable bonds is 2. The molecule has 2 amide bonds. The van der Waals surface area contributed by atoms with Crippen LogP contribution in [0.15, 0.2) is 24.3 Å². The summed E-state index contributed by atoms with van der Waals surface area (Å²) in [5.41, 5.74) is 2.51. The van der Waals surface area contributed by atoms with E-state index in [0.717, 1.165) is 19.5 Å². The van der Waals surface area contributed by atoms with Crippen molar-refractivity contribution in [2.75, 3.05) is 26.3 Å². The van der Waals surface area contributed by atoms with E-state index in [-0.39, 0.29) is 29.7 Å². The van der Waals surface area contributed by atoms with Crippen LogP contribution in [-0.4, -0.2) is 43.0 Å². The van der Waals surface area contributed by atoms with Gasteiger partial charge in [-0.1, -0.05) is 24.3 Å². The molecule has 0 saturated carbocycles. The van der Waals surface area contributed by atoms with Crippen molar-refractivity contribution in [3.63, 3.8) is 0 Å². The second-order valence-electron chi connectivity index (χ2n) is 6.87. The van der Waals surface area contributed by atoms with E-state index in [1.807, 2.05) is 17.0 Å². The zero-order valence-electron chi connectivity index (χ0n) is 13.3. The Hall–Kier alpha value is -1.88. The van der Waals surface area contributed by atoms with Gasteiger partial charge < -0.3 is 15.0 Å². The molecule has 0 bridgehead atoms. The zero-order chi connectivity index (χ0) is 16.0. The number of likely N-dealkylation sites (tertiary alicyclic amines) is 1. The molecule has 2 saturated heterocycles. The third-order valence-electron chi connectivity index (χ3n) is 5.57. The number of nitrogens with zero attached hydrogens (tertiary/aromatic N) is 1. The number of hydrogen-bond donors (Lipinski definition) is 1. The van der Waals surface area contributed by atoms with E-state index in [2.05, 4.69) is 17.4 Å². The normalized spacial score (nSPS) is 31.8. The van der Waals surface area contributed by atoms with Crippen molar-refractivity contribution in [3.8, 4) is 0 Å². The molecule has 1 aromatic rings. The highest BCUT2D eigenvalue weighted by Crippen LogP contribution is 2.49. The van der Waals surface area contributed by atoms with Crippen LogP contribution in [0.2, 0.25) is 0 Å². The molecule has 23 heavy (non-hydrogen) atoms. The highest BCUT2D eigenvalue weighted by atomic mass is 16.5. The minimum absolute atomic E-state index is 0.00801. The Morgan fingerprint density at radius 3 is 2.70 bits per heavy atom. The smallest absolute Gasteiger partial charge is 0.226 e. The molecule has 0 aromatic heterocycles. The number of benzene rings is 1. The summed E-state index contributed by atoms with van der Waals surface area (Å²) in [6.07, 6.45) is 0.799. The van der Waals surface area contributed by atoms with Crippen molar-refractivity contribution in [2.45, 2.75) is 25.3 Å². The third-order valence-corrected chi connectivity index (χ3v) is 5.57. The summed E-state index contributed by atoms with van der Waals surface area (Å²) in [6, 6.07) is 8.33. The SMILES string of the molecule is CC(=O)N1C[C@H]2[C@@H](C1)c1ccccc1[C@@H]2NC(=O)[C@@H]1CCOC1. The van der Waals surface area contributed by atoms with Crippen LogP contribution in [0.3, 0.4) is 0 Å². The number of carbonyl (C=O) groups excluding carboxylic acids is 2. The van der Waals surface area contributed by atoms with Crippen LogP contribution < -0.4 is 5.32 Å². The van der Waals surface area contributed by atoms with Crippen LogP contribution in [-0.2, 0) is 14.3 Å². The number of carbonyl (C=O) groups is 2. The minimum Gasteiger partial charge on any atom is -0.381 e. The van der Waals surface area contributed by atoms with Crippen LogP contribution in [0.4, 0.5) is 0 Å². The molecule has 0 unspecified atom stereocenters. The Morgan fingerprint density at radius 2 is 2.00 bits per heavy atom. The van der Waals surface area contributed by atoms with Gasteiger partial charge in [0.15, 0.2) is 0 Å². The maximum Gasteiger partial charge on any atom is 0.226 e. The third kappa shape index (κ3) is 2.43. The lowest BCUT2D eigenvalue weighted by Gasteiger charge is -2.23. The first-order chi connectivity index (χ1) is 11.1. The van der Waals surface area contributed by atoms with E-state index < -0.39 is 0 Å².